The van der Waals surface area contributed by atoms with Crippen LogP contribution in [-0.2, 0) is 0 Å². The Morgan fingerprint density at radius 2 is 2.13 bits per heavy atom. The third-order valence-electron chi connectivity index (χ3n) is 1.80. The molecule has 0 saturated carbocycles. The molecule has 0 aliphatic heterocycles. The summed E-state index contributed by atoms with van der Waals surface area (Å²) in [6.07, 6.45) is 2.72. The molecule has 0 atom stereocenters. The monoisotopic (exact) mass is 241 g/mol. The van der Waals surface area contributed by atoms with Gasteiger partial charge in [0.15, 0.2) is 0 Å². The maximum atomic E-state index is 11.8. The van der Waals surface area contributed by atoms with E-state index in [-0.39, 0.29) is 17.2 Å². The molecule has 0 N–H and O–H groups in total. The van der Waals surface area contributed by atoms with Gasteiger partial charge in [-0.3, -0.25) is 4.79 Å². The number of ketones is 1. The van der Waals surface area contributed by atoms with Crippen molar-refractivity contribution >= 4 is 29.0 Å². The van der Waals surface area contributed by atoms with Crippen molar-refractivity contribution in [1.82, 2.24) is 4.98 Å². The van der Waals surface area contributed by atoms with Gasteiger partial charge in [0.05, 0.1) is 11.2 Å². The fourth-order valence-electron chi connectivity index (χ4n) is 1.12. The van der Waals surface area contributed by atoms with Crippen molar-refractivity contribution in [2.24, 2.45) is 0 Å². The molecule has 0 amide bonds. The number of carbonyl (C=O) groups excluding carboxylic acids is 1. The van der Waals surface area contributed by atoms with E-state index < -0.39 is 0 Å². The van der Waals surface area contributed by atoms with E-state index in [9.17, 15) is 4.79 Å². The SMILES string of the molecule is O=C(c1ncco1)c1cc(Cl)ccc1Cl. The van der Waals surface area contributed by atoms with Crippen LogP contribution in [0.1, 0.15) is 16.2 Å². The molecular formula is C10H5Cl2NO2. The van der Waals surface area contributed by atoms with Gasteiger partial charge in [0.25, 0.3) is 5.89 Å². The number of oxazole rings is 1. The van der Waals surface area contributed by atoms with E-state index in [1.807, 2.05) is 0 Å². The minimum absolute atomic E-state index is 0.000772. The van der Waals surface area contributed by atoms with Crippen LogP contribution in [0.25, 0.3) is 0 Å². The average Bonchev–Trinajstić information content (AvgIpc) is 2.74. The lowest BCUT2D eigenvalue weighted by Gasteiger charge is -2.00. The first-order valence-corrected chi connectivity index (χ1v) is 4.83. The average molecular weight is 242 g/mol. The van der Waals surface area contributed by atoms with E-state index >= 15 is 0 Å². The molecule has 0 spiro atoms. The summed E-state index contributed by atoms with van der Waals surface area (Å²) >= 11 is 11.6. The number of rotatable bonds is 2. The second kappa shape index (κ2) is 4.04. The smallest absolute Gasteiger partial charge is 0.268 e. The molecule has 2 aromatic rings. The highest BCUT2D eigenvalue weighted by Gasteiger charge is 2.16. The van der Waals surface area contributed by atoms with Crippen LogP contribution < -0.4 is 0 Å². The van der Waals surface area contributed by atoms with Gasteiger partial charge in [-0.2, -0.15) is 0 Å². The molecule has 0 radical (unpaired) electrons. The minimum Gasteiger partial charge on any atom is -0.442 e. The zero-order valence-electron chi connectivity index (χ0n) is 7.41. The molecule has 1 aromatic carbocycles. The Balaban J connectivity index is 2.46. The highest BCUT2D eigenvalue weighted by atomic mass is 35.5. The summed E-state index contributed by atoms with van der Waals surface area (Å²) in [7, 11) is 0. The Hall–Kier alpha value is -1.32. The van der Waals surface area contributed by atoms with Gasteiger partial charge in [-0.25, -0.2) is 4.98 Å². The van der Waals surface area contributed by atoms with Crippen molar-refractivity contribution in [3.63, 3.8) is 0 Å². The molecule has 76 valence electrons. The Bertz CT molecular complexity index is 494. The van der Waals surface area contributed by atoms with E-state index in [1.165, 1.54) is 18.5 Å². The zero-order chi connectivity index (χ0) is 10.8. The number of carbonyl (C=O) groups is 1. The number of halogens is 2. The zero-order valence-corrected chi connectivity index (χ0v) is 8.92. The van der Waals surface area contributed by atoms with Gasteiger partial charge in [0.1, 0.15) is 6.26 Å². The van der Waals surface area contributed by atoms with Crippen molar-refractivity contribution < 1.29 is 9.21 Å². The van der Waals surface area contributed by atoms with Gasteiger partial charge in [-0.05, 0) is 18.2 Å². The number of hydrogen-bond donors (Lipinski definition) is 0. The molecule has 1 heterocycles. The fourth-order valence-corrected chi connectivity index (χ4v) is 1.50. The maximum absolute atomic E-state index is 11.8. The van der Waals surface area contributed by atoms with E-state index in [2.05, 4.69) is 4.98 Å². The van der Waals surface area contributed by atoms with E-state index in [0.29, 0.717) is 10.0 Å². The van der Waals surface area contributed by atoms with Crippen LogP contribution >= 0.6 is 23.2 Å². The second-order valence-corrected chi connectivity index (χ2v) is 3.63. The Kier molecular flexibility index (Phi) is 2.75. The van der Waals surface area contributed by atoms with E-state index in [4.69, 9.17) is 27.6 Å². The van der Waals surface area contributed by atoms with E-state index in [0.717, 1.165) is 0 Å². The topological polar surface area (TPSA) is 43.1 Å². The van der Waals surface area contributed by atoms with Crippen LogP contribution in [0.5, 0.6) is 0 Å². The van der Waals surface area contributed by atoms with Gasteiger partial charge in [-0.15, -0.1) is 0 Å². The van der Waals surface area contributed by atoms with Crippen LogP contribution in [0.4, 0.5) is 0 Å². The molecule has 0 unspecified atom stereocenters. The highest BCUT2D eigenvalue weighted by molar-refractivity contribution is 6.36. The lowest BCUT2D eigenvalue weighted by atomic mass is 10.1. The van der Waals surface area contributed by atoms with Gasteiger partial charge in [-0.1, -0.05) is 23.2 Å². The number of hydrogen-bond acceptors (Lipinski definition) is 3. The number of aromatic nitrogens is 1. The standard InChI is InChI=1S/C10H5Cl2NO2/c11-6-1-2-8(12)7(5-6)9(14)10-13-3-4-15-10/h1-5H. The number of nitrogens with zero attached hydrogens (tertiary/aromatic N) is 1. The molecule has 0 bridgehead atoms. The van der Waals surface area contributed by atoms with Crippen molar-refractivity contribution in [1.29, 1.82) is 0 Å². The molecule has 5 heteroatoms. The second-order valence-electron chi connectivity index (χ2n) is 2.79. The summed E-state index contributed by atoms with van der Waals surface area (Å²) in [6.45, 7) is 0. The van der Waals surface area contributed by atoms with Crippen LogP contribution in [0.3, 0.4) is 0 Å². The Labute approximate surface area is 95.6 Å². The first kappa shape index (κ1) is 10.2. The molecular weight excluding hydrogens is 237 g/mol. The molecule has 0 fully saturated rings. The maximum Gasteiger partial charge on any atom is 0.268 e. The summed E-state index contributed by atoms with van der Waals surface area (Å²) in [5.41, 5.74) is 0.284. The molecule has 0 aliphatic rings. The molecule has 1 aromatic heterocycles. The summed E-state index contributed by atoms with van der Waals surface area (Å²) < 4.78 is 4.88. The van der Waals surface area contributed by atoms with Gasteiger partial charge in [0.2, 0.25) is 5.78 Å². The first-order valence-electron chi connectivity index (χ1n) is 4.08. The van der Waals surface area contributed by atoms with Crippen LogP contribution in [0.15, 0.2) is 35.1 Å². The summed E-state index contributed by atoms with van der Waals surface area (Å²) in [6, 6.07) is 4.65. The summed E-state index contributed by atoms with van der Waals surface area (Å²) in [4.78, 5) is 15.5. The van der Waals surface area contributed by atoms with Crippen LogP contribution in [-0.4, -0.2) is 10.8 Å². The van der Waals surface area contributed by atoms with E-state index in [1.54, 1.807) is 12.1 Å². The molecule has 0 aliphatic carbocycles. The minimum atomic E-state index is -0.382. The molecule has 0 saturated heterocycles. The quantitative estimate of drug-likeness (QED) is 0.759. The van der Waals surface area contributed by atoms with Crippen molar-refractivity contribution in [3.8, 4) is 0 Å². The van der Waals surface area contributed by atoms with Gasteiger partial charge in [0, 0.05) is 10.6 Å². The fraction of sp³-hybridized carbons (Fsp3) is 0. The Morgan fingerprint density at radius 3 is 2.80 bits per heavy atom. The summed E-state index contributed by atoms with van der Waals surface area (Å²) in [5, 5.41) is 0.761. The third-order valence-corrected chi connectivity index (χ3v) is 2.36. The lowest BCUT2D eigenvalue weighted by molar-refractivity contribution is 0.100. The highest BCUT2D eigenvalue weighted by Crippen LogP contribution is 2.22. The number of benzene rings is 1. The normalized spacial score (nSPS) is 10.3. The lowest BCUT2D eigenvalue weighted by Crippen LogP contribution is -2.02. The largest absolute Gasteiger partial charge is 0.442 e. The molecule has 2 rings (SSSR count). The van der Waals surface area contributed by atoms with Gasteiger partial charge >= 0.3 is 0 Å². The third kappa shape index (κ3) is 2.03. The predicted molar refractivity (Wildman–Crippen MR) is 56.4 cm³/mol. The van der Waals surface area contributed by atoms with Crippen molar-refractivity contribution in [2.45, 2.75) is 0 Å². The van der Waals surface area contributed by atoms with Crippen LogP contribution in [0, 0.1) is 0 Å². The summed E-state index contributed by atoms with van der Waals surface area (Å²) in [5.74, 6) is -0.383. The van der Waals surface area contributed by atoms with Crippen molar-refractivity contribution in [2.75, 3.05) is 0 Å². The van der Waals surface area contributed by atoms with Crippen LogP contribution in [0.2, 0.25) is 10.0 Å². The first-order chi connectivity index (χ1) is 7.18. The Morgan fingerprint density at radius 1 is 1.33 bits per heavy atom. The van der Waals surface area contributed by atoms with Gasteiger partial charge < -0.3 is 4.42 Å². The van der Waals surface area contributed by atoms with Crippen molar-refractivity contribution in [3.05, 3.63) is 52.2 Å². The predicted octanol–water partition coefficient (Wildman–Crippen LogP) is 3.21. The molecule has 15 heavy (non-hydrogen) atoms. The molecule has 3 nitrogen and oxygen atoms in total.